The Morgan fingerprint density at radius 3 is 2.24 bits per heavy atom. The summed E-state index contributed by atoms with van der Waals surface area (Å²) in [4.78, 5) is 23.7. The van der Waals surface area contributed by atoms with E-state index in [2.05, 4.69) is 5.32 Å². The molecule has 1 aromatic rings. The summed E-state index contributed by atoms with van der Waals surface area (Å²) in [5, 5.41) is 2.63. The Morgan fingerprint density at radius 1 is 1.19 bits per heavy atom. The van der Waals surface area contributed by atoms with Crippen LogP contribution in [-0.2, 0) is 20.7 Å². The van der Waals surface area contributed by atoms with Crippen molar-refractivity contribution in [1.29, 1.82) is 0 Å². The molecule has 0 aliphatic heterocycles. The van der Waals surface area contributed by atoms with Crippen molar-refractivity contribution < 1.29 is 19.1 Å². The fourth-order valence-electron chi connectivity index (χ4n) is 1.67. The lowest BCUT2D eigenvalue weighted by Crippen LogP contribution is -2.42. The minimum atomic E-state index is -0.671. The highest BCUT2D eigenvalue weighted by atomic mass is 16.6. The lowest BCUT2D eigenvalue weighted by Gasteiger charge is -2.22. The quantitative estimate of drug-likeness (QED) is 0.844. The maximum absolute atomic E-state index is 11.9. The molecule has 1 N–H and O–H groups in total. The highest BCUT2D eigenvalue weighted by Gasteiger charge is 2.22. The Kier molecular flexibility index (Phi) is 5.76. The van der Waals surface area contributed by atoms with E-state index in [-0.39, 0.29) is 12.3 Å². The normalized spacial score (nSPS) is 12.4. The molecule has 0 saturated carbocycles. The van der Waals surface area contributed by atoms with Crippen molar-refractivity contribution in [3.63, 3.8) is 0 Å². The van der Waals surface area contributed by atoms with Gasteiger partial charge in [-0.1, -0.05) is 12.1 Å². The van der Waals surface area contributed by atoms with Crippen LogP contribution in [0.4, 0.5) is 0 Å². The molecule has 0 aliphatic rings. The molecule has 1 aromatic carbocycles. The largest absolute Gasteiger partial charge is 0.497 e. The van der Waals surface area contributed by atoms with Gasteiger partial charge in [0.05, 0.1) is 13.5 Å². The van der Waals surface area contributed by atoms with Crippen molar-refractivity contribution >= 4 is 11.9 Å². The van der Waals surface area contributed by atoms with E-state index in [1.54, 1.807) is 46.9 Å². The highest BCUT2D eigenvalue weighted by Crippen LogP contribution is 2.12. The van der Waals surface area contributed by atoms with Gasteiger partial charge in [0.2, 0.25) is 5.91 Å². The minimum Gasteiger partial charge on any atom is -0.497 e. The minimum absolute atomic E-state index is 0.205. The van der Waals surface area contributed by atoms with Gasteiger partial charge in [0.1, 0.15) is 17.4 Å². The lowest BCUT2D eigenvalue weighted by molar-refractivity contribution is -0.158. The molecular weight excluding hydrogens is 270 g/mol. The van der Waals surface area contributed by atoms with E-state index in [1.807, 2.05) is 12.1 Å². The van der Waals surface area contributed by atoms with E-state index in [4.69, 9.17) is 9.47 Å². The van der Waals surface area contributed by atoms with Gasteiger partial charge in [0.25, 0.3) is 0 Å². The molecule has 21 heavy (non-hydrogen) atoms. The number of esters is 1. The number of carbonyl (C=O) groups excluding carboxylic acids is 2. The molecule has 1 atom stereocenters. The SMILES string of the molecule is COc1ccc(CC(=O)N[C@H](C)C(=O)OC(C)(C)C)cc1. The van der Waals surface area contributed by atoms with Gasteiger partial charge in [-0.3, -0.25) is 4.79 Å². The molecule has 0 heterocycles. The number of hydrogen-bond acceptors (Lipinski definition) is 4. The van der Waals surface area contributed by atoms with E-state index in [0.29, 0.717) is 0 Å². The number of ether oxygens (including phenoxy) is 2. The van der Waals surface area contributed by atoms with Gasteiger partial charge in [0.15, 0.2) is 0 Å². The molecule has 116 valence electrons. The second-order valence-electron chi connectivity index (χ2n) is 5.85. The van der Waals surface area contributed by atoms with Gasteiger partial charge in [-0.15, -0.1) is 0 Å². The number of nitrogens with one attached hydrogen (secondary N) is 1. The molecule has 1 amide bonds. The van der Waals surface area contributed by atoms with Crippen LogP contribution in [-0.4, -0.2) is 30.6 Å². The van der Waals surface area contributed by atoms with E-state index in [1.165, 1.54) is 0 Å². The predicted octanol–water partition coefficient (Wildman–Crippen LogP) is 2.08. The van der Waals surface area contributed by atoms with Gasteiger partial charge < -0.3 is 14.8 Å². The zero-order valence-corrected chi connectivity index (χ0v) is 13.2. The van der Waals surface area contributed by atoms with Crippen LogP contribution in [0.3, 0.4) is 0 Å². The standard InChI is InChI=1S/C16H23NO4/c1-11(15(19)21-16(2,3)4)17-14(18)10-12-6-8-13(20-5)9-7-12/h6-9,11H,10H2,1-5H3,(H,17,18)/t11-/m1/s1. The van der Waals surface area contributed by atoms with Crippen molar-refractivity contribution in [3.05, 3.63) is 29.8 Å². The molecule has 0 unspecified atom stereocenters. The number of rotatable bonds is 5. The Balaban J connectivity index is 2.50. The predicted molar refractivity (Wildman–Crippen MR) is 80.1 cm³/mol. The third-order valence-electron chi connectivity index (χ3n) is 2.66. The first kappa shape index (κ1) is 17.0. The number of carbonyl (C=O) groups is 2. The summed E-state index contributed by atoms with van der Waals surface area (Å²) >= 11 is 0. The molecule has 0 radical (unpaired) electrons. The Labute approximate surface area is 125 Å². The second kappa shape index (κ2) is 7.11. The van der Waals surface area contributed by atoms with E-state index >= 15 is 0 Å². The molecule has 0 saturated heterocycles. The fraction of sp³-hybridized carbons (Fsp3) is 0.500. The monoisotopic (exact) mass is 293 g/mol. The Hall–Kier alpha value is -2.04. The van der Waals surface area contributed by atoms with Crippen LogP contribution < -0.4 is 10.1 Å². The topological polar surface area (TPSA) is 64.6 Å². The lowest BCUT2D eigenvalue weighted by atomic mass is 10.1. The third kappa shape index (κ3) is 6.29. The van der Waals surface area contributed by atoms with E-state index < -0.39 is 17.6 Å². The number of amides is 1. The van der Waals surface area contributed by atoms with Crippen LogP contribution in [0.25, 0.3) is 0 Å². The molecule has 1 rings (SSSR count). The number of benzene rings is 1. The van der Waals surface area contributed by atoms with Crippen molar-refractivity contribution in [1.82, 2.24) is 5.32 Å². The van der Waals surface area contributed by atoms with Crippen LogP contribution in [0, 0.1) is 0 Å². The molecule has 0 aliphatic carbocycles. The van der Waals surface area contributed by atoms with Crippen LogP contribution in [0.15, 0.2) is 24.3 Å². The molecule has 0 bridgehead atoms. The van der Waals surface area contributed by atoms with Crippen LogP contribution in [0.2, 0.25) is 0 Å². The van der Waals surface area contributed by atoms with Crippen molar-refractivity contribution in [3.8, 4) is 5.75 Å². The Morgan fingerprint density at radius 2 is 1.76 bits per heavy atom. The van der Waals surface area contributed by atoms with Gasteiger partial charge >= 0.3 is 5.97 Å². The zero-order chi connectivity index (χ0) is 16.0. The smallest absolute Gasteiger partial charge is 0.328 e. The second-order valence-corrected chi connectivity index (χ2v) is 5.85. The summed E-state index contributed by atoms with van der Waals surface area (Å²) in [6, 6.07) is 6.54. The number of methoxy groups -OCH3 is 1. The molecular formula is C16H23NO4. The maximum atomic E-state index is 11.9. The molecule has 5 nitrogen and oxygen atoms in total. The maximum Gasteiger partial charge on any atom is 0.328 e. The molecule has 0 fully saturated rings. The summed E-state index contributed by atoms with van der Waals surface area (Å²) in [7, 11) is 1.59. The molecule has 5 heteroatoms. The Bertz CT molecular complexity index is 488. The van der Waals surface area contributed by atoms with E-state index in [9.17, 15) is 9.59 Å². The van der Waals surface area contributed by atoms with E-state index in [0.717, 1.165) is 11.3 Å². The third-order valence-corrected chi connectivity index (χ3v) is 2.66. The van der Waals surface area contributed by atoms with Crippen LogP contribution in [0.5, 0.6) is 5.75 Å². The van der Waals surface area contributed by atoms with Crippen LogP contribution >= 0.6 is 0 Å². The summed E-state index contributed by atoms with van der Waals surface area (Å²) in [6.07, 6.45) is 0.205. The average Bonchev–Trinajstić information content (AvgIpc) is 2.37. The van der Waals surface area contributed by atoms with Crippen LogP contribution in [0.1, 0.15) is 33.3 Å². The summed E-state index contributed by atoms with van der Waals surface area (Å²) < 4.78 is 10.3. The summed E-state index contributed by atoms with van der Waals surface area (Å²) in [5.41, 5.74) is 0.288. The van der Waals surface area contributed by atoms with Gasteiger partial charge in [-0.2, -0.15) is 0 Å². The molecule has 0 spiro atoms. The average molecular weight is 293 g/mol. The first-order valence-corrected chi connectivity index (χ1v) is 6.86. The summed E-state index contributed by atoms with van der Waals surface area (Å²) in [5.74, 6) is 0.0744. The van der Waals surface area contributed by atoms with Gasteiger partial charge in [0, 0.05) is 0 Å². The first-order valence-electron chi connectivity index (χ1n) is 6.86. The van der Waals surface area contributed by atoms with Crippen molar-refractivity contribution in [2.75, 3.05) is 7.11 Å². The summed E-state index contributed by atoms with van der Waals surface area (Å²) in [6.45, 7) is 6.98. The first-order chi connectivity index (χ1) is 9.71. The fourth-order valence-corrected chi connectivity index (χ4v) is 1.67. The zero-order valence-electron chi connectivity index (χ0n) is 13.2. The number of hydrogen-bond donors (Lipinski definition) is 1. The van der Waals surface area contributed by atoms with Crippen molar-refractivity contribution in [2.24, 2.45) is 0 Å². The van der Waals surface area contributed by atoms with Gasteiger partial charge in [-0.05, 0) is 45.4 Å². The molecule has 0 aromatic heterocycles. The highest BCUT2D eigenvalue weighted by molar-refractivity contribution is 5.85. The van der Waals surface area contributed by atoms with Gasteiger partial charge in [-0.25, -0.2) is 4.79 Å². The van der Waals surface area contributed by atoms with Crippen molar-refractivity contribution in [2.45, 2.75) is 45.8 Å².